The van der Waals surface area contributed by atoms with Gasteiger partial charge in [0.2, 0.25) is 11.8 Å². The molecule has 0 spiro atoms. The molecule has 0 radical (unpaired) electrons. The molecule has 2 unspecified atom stereocenters. The molecule has 27 heavy (non-hydrogen) atoms. The Morgan fingerprint density at radius 2 is 1.96 bits per heavy atom. The van der Waals surface area contributed by atoms with Crippen molar-refractivity contribution in [1.29, 1.82) is 0 Å². The molecule has 2 fully saturated rings. The van der Waals surface area contributed by atoms with E-state index < -0.39 is 0 Å². The van der Waals surface area contributed by atoms with Crippen LogP contribution in [-0.4, -0.2) is 42.9 Å². The zero-order chi connectivity index (χ0) is 18.4. The zero-order valence-corrected chi connectivity index (χ0v) is 17.0. The van der Waals surface area contributed by atoms with Gasteiger partial charge in [-0.2, -0.15) is 0 Å². The van der Waals surface area contributed by atoms with Gasteiger partial charge >= 0.3 is 0 Å². The van der Waals surface area contributed by atoms with E-state index >= 15 is 0 Å². The SMILES string of the molecule is CC(CC(=O)NC(CN1CCCC1=O)c1ccccc1)C1CCNCC1.Cl. The molecular formula is C21H32ClN3O2. The number of likely N-dealkylation sites (tertiary alicyclic amines) is 1. The molecule has 1 aromatic rings. The van der Waals surface area contributed by atoms with Crippen molar-refractivity contribution in [1.82, 2.24) is 15.5 Å². The molecule has 150 valence electrons. The maximum absolute atomic E-state index is 12.7. The summed E-state index contributed by atoms with van der Waals surface area (Å²) in [6.07, 6.45) is 4.41. The van der Waals surface area contributed by atoms with Gasteiger partial charge in [0.25, 0.3) is 0 Å². The monoisotopic (exact) mass is 393 g/mol. The van der Waals surface area contributed by atoms with E-state index in [1.54, 1.807) is 0 Å². The predicted octanol–water partition coefficient (Wildman–Crippen LogP) is 2.91. The van der Waals surface area contributed by atoms with Crippen molar-refractivity contribution in [3.8, 4) is 0 Å². The second kappa shape index (κ2) is 10.7. The van der Waals surface area contributed by atoms with Crippen LogP contribution in [0.5, 0.6) is 0 Å². The Labute approximate surface area is 168 Å². The van der Waals surface area contributed by atoms with Gasteiger partial charge in [0, 0.05) is 25.9 Å². The molecule has 2 aliphatic rings. The summed E-state index contributed by atoms with van der Waals surface area (Å²) >= 11 is 0. The quantitative estimate of drug-likeness (QED) is 0.748. The minimum atomic E-state index is -0.133. The topological polar surface area (TPSA) is 61.4 Å². The van der Waals surface area contributed by atoms with Crippen molar-refractivity contribution in [2.75, 3.05) is 26.2 Å². The summed E-state index contributed by atoms with van der Waals surface area (Å²) in [5.74, 6) is 1.30. The summed E-state index contributed by atoms with van der Waals surface area (Å²) < 4.78 is 0. The molecule has 2 saturated heterocycles. The molecule has 6 heteroatoms. The number of nitrogens with zero attached hydrogens (tertiary/aromatic N) is 1. The molecule has 1 aromatic carbocycles. The highest BCUT2D eigenvalue weighted by Gasteiger charge is 2.27. The molecule has 0 aromatic heterocycles. The molecule has 5 nitrogen and oxygen atoms in total. The molecule has 2 atom stereocenters. The highest BCUT2D eigenvalue weighted by Crippen LogP contribution is 2.25. The van der Waals surface area contributed by atoms with Crippen LogP contribution in [0.2, 0.25) is 0 Å². The number of hydrogen-bond acceptors (Lipinski definition) is 3. The average molecular weight is 394 g/mol. The van der Waals surface area contributed by atoms with Gasteiger partial charge in [0.05, 0.1) is 6.04 Å². The molecule has 2 aliphatic heterocycles. The van der Waals surface area contributed by atoms with Gasteiger partial charge < -0.3 is 15.5 Å². The largest absolute Gasteiger partial charge is 0.347 e. The Balaban J connectivity index is 0.00000261. The van der Waals surface area contributed by atoms with Crippen molar-refractivity contribution in [3.05, 3.63) is 35.9 Å². The number of nitrogens with one attached hydrogen (secondary N) is 2. The summed E-state index contributed by atoms with van der Waals surface area (Å²) in [7, 11) is 0. The van der Waals surface area contributed by atoms with Crippen LogP contribution in [0.3, 0.4) is 0 Å². The molecule has 0 aliphatic carbocycles. The van der Waals surface area contributed by atoms with E-state index in [9.17, 15) is 9.59 Å². The summed E-state index contributed by atoms with van der Waals surface area (Å²) in [5.41, 5.74) is 1.06. The number of carbonyl (C=O) groups excluding carboxylic acids is 2. The number of amides is 2. The predicted molar refractivity (Wildman–Crippen MR) is 110 cm³/mol. The van der Waals surface area contributed by atoms with Crippen LogP contribution in [-0.2, 0) is 9.59 Å². The van der Waals surface area contributed by atoms with Crippen LogP contribution in [0.4, 0.5) is 0 Å². The van der Waals surface area contributed by atoms with E-state index in [4.69, 9.17) is 0 Å². The minimum absolute atomic E-state index is 0. The normalized spacial score (nSPS) is 20.0. The Kier molecular flexibility index (Phi) is 8.58. The fourth-order valence-electron chi connectivity index (χ4n) is 4.16. The highest BCUT2D eigenvalue weighted by atomic mass is 35.5. The fraction of sp³-hybridized carbons (Fsp3) is 0.619. The molecule has 2 amide bonds. The van der Waals surface area contributed by atoms with Crippen molar-refractivity contribution in [2.45, 2.75) is 45.1 Å². The minimum Gasteiger partial charge on any atom is -0.347 e. The van der Waals surface area contributed by atoms with E-state index in [2.05, 4.69) is 17.6 Å². The smallest absolute Gasteiger partial charge is 0.222 e. The summed E-state index contributed by atoms with van der Waals surface area (Å²) in [6, 6.07) is 9.87. The van der Waals surface area contributed by atoms with Gasteiger partial charge in [0.15, 0.2) is 0 Å². The van der Waals surface area contributed by atoms with Crippen molar-refractivity contribution in [3.63, 3.8) is 0 Å². The van der Waals surface area contributed by atoms with Crippen molar-refractivity contribution >= 4 is 24.2 Å². The van der Waals surface area contributed by atoms with E-state index in [1.807, 2.05) is 35.2 Å². The Bertz CT molecular complexity index is 605. The van der Waals surface area contributed by atoms with Gasteiger partial charge in [0.1, 0.15) is 0 Å². The fourth-order valence-corrected chi connectivity index (χ4v) is 4.16. The van der Waals surface area contributed by atoms with Gasteiger partial charge in [-0.3, -0.25) is 9.59 Å². The lowest BCUT2D eigenvalue weighted by molar-refractivity contribution is -0.129. The molecule has 2 N–H and O–H groups in total. The van der Waals surface area contributed by atoms with E-state index in [0.717, 1.165) is 44.5 Å². The maximum atomic E-state index is 12.7. The summed E-state index contributed by atoms with van der Waals surface area (Å²) in [4.78, 5) is 26.6. The molecule has 2 heterocycles. The number of hydrogen-bond donors (Lipinski definition) is 2. The number of rotatable bonds is 7. The number of carbonyl (C=O) groups is 2. The molecular weight excluding hydrogens is 362 g/mol. The Morgan fingerprint density at radius 3 is 2.59 bits per heavy atom. The first-order valence-electron chi connectivity index (χ1n) is 9.96. The highest BCUT2D eigenvalue weighted by molar-refractivity contribution is 5.85. The first-order chi connectivity index (χ1) is 12.6. The zero-order valence-electron chi connectivity index (χ0n) is 16.2. The first kappa shape index (κ1) is 21.7. The average Bonchev–Trinajstić information content (AvgIpc) is 3.07. The molecule has 3 rings (SSSR count). The summed E-state index contributed by atoms with van der Waals surface area (Å²) in [6.45, 7) is 5.66. The van der Waals surface area contributed by atoms with Crippen LogP contribution in [0.1, 0.15) is 50.6 Å². The first-order valence-corrected chi connectivity index (χ1v) is 9.96. The number of halogens is 1. The standard InChI is InChI=1S/C21H31N3O2.ClH/c1-16(17-9-11-22-12-10-17)14-20(25)23-19(18-6-3-2-4-7-18)15-24-13-5-8-21(24)26;/h2-4,6-7,16-17,19,22H,5,8-15H2,1H3,(H,23,25);1H. The van der Waals surface area contributed by atoms with E-state index in [-0.39, 0.29) is 30.3 Å². The van der Waals surface area contributed by atoms with Crippen LogP contribution < -0.4 is 10.6 Å². The summed E-state index contributed by atoms with van der Waals surface area (Å²) in [5, 5.41) is 6.59. The van der Waals surface area contributed by atoms with E-state index in [0.29, 0.717) is 31.2 Å². The van der Waals surface area contributed by atoms with Gasteiger partial charge in [-0.25, -0.2) is 0 Å². The van der Waals surface area contributed by atoms with Gasteiger partial charge in [-0.1, -0.05) is 37.3 Å². The Hall–Kier alpha value is -1.59. The third-order valence-electron chi connectivity index (χ3n) is 5.81. The molecule has 0 saturated carbocycles. The van der Waals surface area contributed by atoms with Gasteiger partial charge in [-0.05, 0) is 49.8 Å². The second-order valence-electron chi connectivity index (χ2n) is 7.74. The third-order valence-corrected chi connectivity index (χ3v) is 5.81. The van der Waals surface area contributed by atoms with Gasteiger partial charge in [-0.15, -0.1) is 12.4 Å². The lowest BCUT2D eigenvalue weighted by Gasteiger charge is -2.29. The number of benzene rings is 1. The van der Waals surface area contributed by atoms with Crippen LogP contribution in [0, 0.1) is 11.8 Å². The lowest BCUT2D eigenvalue weighted by Crippen LogP contribution is -2.39. The van der Waals surface area contributed by atoms with Crippen LogP contribution in [0.15, 0.2) is 30.3 Å². The van der Waals surface area contributed by atoms with E-state index in [1.165, 1.54) is 0 Å². The Morgan fingerprint density at radius 1 is 1.26 bits per heavy atom. The third kappa shape index (κ3) is 6.22. The van der Waals surface area contributed by atoms with Crippen molar-refractivity contribution < 1.29 is 9.59 Å². The number of piperidine rings is 1. The van der Waals surface area contributed by atoms with Crippen molar-refractivity contribution in [2.24, 2.45) is 11.8 Å². The maximum Gasteiger partial charge on any atom is 0.222 e. The second-order valence-corrected chi connectivity index (χ2v) is 7.74. The van der Waals surface area contributed by atoms with Crippen LogP contribution in [0.25, 0.3) is 0 Å². The molecule has 0 bridgehead atoms. The van der Waals surface area contributed by atoms with Crippen LogP contribution >= 0.6 is 12.4 Å². The lowest BCUT2D eigenvalue weighted by atomic mass is 9.84.